The Morgan fingerprint density at radius 2 is 2.24 bits per heavy atom. The van der Waals surface area contributed by atoms with Crippen molar-refractivity contribution in [2.75, 3.05) is 26.7 Å². The summed E-state index contributed by atoms with van der Waals surface area (Å²) < 4.78 is 0. The molecule has 3 heteroatoms. The van der Waals surface area contributed by atoms with Crippen LogP contribution in [0.3, 0.4) is 0 Å². The van der Waals surface area contributed by atoms with E-state index in [9.17, 15) is 4.79 Å². The predicted molar refractivity (Wildman–Crippen MR) is 69.1 cm³/mol. The summed E-state index contributed by atoms with van der Waals surface area (Å²) in [5, 5.41) is 3.18. The van der Waals surface area contributed by atoms with Gasteiger partial charge in [-0.05, 0) is 44.5 Å². The Morgan fingerprint density at radius 3 is 2.94 bits per heavy atom. The van der Waals surface area contributed by atoms with Crippen LogP contribution >= 0.6 is 0 Å². The van der Waals surface area contributed by atoms with Gasteiger partial charge in [0.15, 0.2) is 0 Å². The molecule has 1 aliphatic rings. The van der Waals surface area contributed by atoms with Crippen LogP contribution in [0.25, 0.3) is 0 Å². The van der Waals surface area contributed by atoms with Crippen LogP contribution in [0.4, 0.5) is 0 Å². The number of amides is 1. The number of nitrogens with one attached hydrogen (secondary N) is 1. The van der Waals surface area contributed by atoms with Crippen LogP contribution in [0.5, 0.6) is 0 Å². The van der Waals surface area contributed by atoms with E-state index >= 15 is 0 Å². The molecule has 1 saturated heterocycles. The van der Waals surface area contributed by atoms with Crippen molar-refractivity contribution >= 4 is 5.91 Å². The molecule has 0 spiro atoms. The average molecular weight is 232 g/mol. The van der Waals surface area contributed by atoms with Gasteiger partial charge in [0.05, 0.1) is 0 Å². The molecule has 17 heavy (non-hydrogen) atoms. The smallest absolute Gasteiger partial charge is 0.254 e. The Balaban J connectivity index is 2.05. The normalized spacial score (nSPS) is 19.6. The molecule has 1 fully saturated rings. The van der Waals surface area contributed by atoms with Crippen molar-refractivity contribution in [1.29, 1.82) is 0 Å². The van der Waals surface area contributed by atoms with Gasteiger partial charge in [-0.3, -0.25) is 4.79 Å². The van der Waals surface area contributed by atoms with Gasteiger partial charge in [0, 0.05) is 18.7 Å². The summed E-state index contributed by atoms with van der Waals surface area (Å²) in [5.41, 5.74) is 1.91. The molecule has 1 aromatic carbocycles. The number of carbonyl (C=O) groups excluding carboxylic acids is 1. The Hall–Kier alpha value is -1.35. The van der Waals surface area contributed by atoms with Crippen LogP contribution in [0, 0.1) is 12.8 Å². The van der Waals surface area contributed by atoms with Crippen LogP contribution in [0.2, 0.25) is 0 Å². The van der Waals surface area contributed by atoms with Gasteiger partial charge in [-0.1, -0.05) is 18.2 Å². The lowest BCUT2D eigenvalue weighted by Crippen LogP contribution is -2.30. The van der Waals surface area contributed by atoms with Gasteiger partial charge >= 0.3 is 0 Å². The molecule has 0 radical (unpaired) electrons. The number of aryl methyl sites for hydroxylation is 1. The first kappa shape index (κ1) is 12.1. The monoisotopic (exact) mass is 232 g/mol. The van der Waals surface area contributed by atoms with Crippen LogP contribution < -0.4 is 5.32 Å². The standard InChI is InChI=1S/C14H20N2O/c1-11-5-3-4-6-13(11)14(17)16-8-7-12(10-16)9-15-2/h3-6,12,15H,7-10H2,1-2H3/t12-/m1/s1. The van der Waals surface area contributed by atoms with Crippen molar-refractivity contribution in [3.8, 4) is 0 Å². The molecule has 1 aliphatic heterocycles. The molecule has 1 aromatic rings. The minimum absolute atomic E-state index is 0.182. The van der Waals surface area contributed by atoms with Gasteiger partial charge in [-0.25, -0.2) is 0 Å². The first-order valence-electron chi connectivity index (χ1n) is 6.22. The molecule has 0 bridgehead atoms. The summed E-state index contributed by atoms with van der Waals surface area (Å²) in [7, 11) is 1.96. The molecule has 3 nitrogen and oxygen atoms in total. The summed E-state index contributed by atoms with van der Waals surface area (Å²) in [6.07, 6.45) is 1.11. The highest BCUT2D eigenvalue weighted by molar-refractivity contribution is 5.95. The lowest BCUT2D eigenvalue weighted by Gasteiger charge is -2.17. The Labute approximate surface area is 103 Å². The average Bonchev–Trinajstić information content (AvgIpc) is 2.78. The van der Waals surface area contributed by atoms with E-state index in [0.717, 1.165) is 37.2 Å². The van der Waals surface area contributed by atoms with E-state index in [0.29, 0.717) is 5.92 Å². The number of carbonyl (C=O) groups is 1. The first-order chi connectivity index (χ1) is 8.22. The number of likely N-dealkylation sites (tertiary alicyclic amines) is 1. The van der Waals surface area contributed by atoms with E-state index in [1.807, 2.05) is 43.1 Å². The molecule has 0 aliphatic carbocycles. The summed E-state index contributed by atoms with van der Waals surface area (Å²) in [6, 6.07) is 7.82. The molecule has 0 unspecified atom stereocenters. The topological polar surface area (TPSA) is 32.3 Å². The van der Waals surface area contributed by atoms with E-state index in [1.165, 1.54) is 0 Å². The van der Waals surface area contributed by atoms with E-state index in [2.05, 4.69) is 5.32 Å². The zero-order valence-corrected chi connectivity index (χ0v) is 10.6. The lowest BCUT2D eigenvalue weighted by atomic mass is 10.1. The third-order valence-corrected chi connectivity index (χ3v) is 3.44. The summed E-state index contributed by atoms with van der Waals surface area (Å²) in [4.78, 5) is 14.3. The minimum atomic E-state index is 0.182. The van der Waals surface area contributed by atoms with Gasteiger partial charge in [-0.2, -0.15) is 0 Å². The van der Waals surface area contributed by atoms with Gasteiger partial charge < -0.3 is 10.2 Å². The maximum Gasteiger partial charge on any atom is 0.254 e. The minimum Gasteiger partial charge on any atom is -0.338 e. The Kier molecular flexibility index (Phi) is 3.79. The molecule has 1 N–H and O–H groups in total. The number of nitrogens with zero attached hydrogens (tertiary/aromatic N) is 1. The van der Waals surface area contributed by atoms with Crippen molar-refractivity contribution in [3.63, 3.8) is 0 Å². The van der Waals surface area contributed by atoms with Crippen LogP contribution in [0.1, 0.15) is 22.3 Å². The van der Waals surface area contributed by atoms with Gasteiger partial charge in [0.1, 0.15) is 0 Å². The fourth-order valence-electron chi connectivity index (χ4n) is 2.46. The van der Waals surface area contributed by atoms with Gasteiger partial charge in [-0.15, -0.1) is 0 Å². The van der Waals surface area contributed by atoms with Crippen LogP contribution in [-0.2, 0) is 0 Å². The summed E-state index contributed by atoms with van der Waals surface area (Å²) >= 11 is 0. The van der Waals surface area contributed by atoms with E-state index in [4.69, 9.17) is 0 Å². The van der Waals surface area contributed by atoms with Crippen molar-refractivity contribution in [3.05, 3.63) is 35.4 Å². The molecule has 0 aromatic heterocycles. The van der Waals surface area contributed by atoms with Crippen molar-refractivity contribution in [2.24, 2.45) is 5.92 Å². The lowest BCUT2D eigenvalue weighted by molar-refractivity contribution is 0.0786. The highest BCUT2D eigenvalue weighted by Gasteiger charge is 2.26. The fraction of sp³-hybridized carbons (Fsp3) is 0.500. The van der Waals surface area contributed by atoms with Gasteiger partial charge in [0.2, 0.25) is 0 Å². The maximum absolute atomic E-state index is 12.3. The summed E-state index contributed by atoms with van der Waals surface area (Å²) in [5.74, 6) is 0.787. The first-order valence-corrected chi connectivity index (χ1v) is 6.22. The molecule has 0 saturated carbocycles. The summed E-state index contributed by atoms with van der Waals surface area (Å²) in [6.45, 7) is 4.76. The second-order valence-electron chi connectivity index (χ2n) is 4.78. The second-order valence-corrected chi connectivity index (χ2v) is 4.78. The second kappa shape index (κ2) is 5.32. The van der Waals surface area contributed by atoms with E-state index in [-0.39, 0.29) is 5.91 Å². The van der Waals surface area contributed by atoms with Crippen molar-refractivity contribution in [1.82, 2.24) is 10.2 Å². The number of hydrogen-bond donors (Lipinski definition) is 1. The quantitative estimate of drug-likeness (QED) is 0.860. The van der Waals surface area contributed by atoms with Gasteiger partial charge in [0.25, 0.3) is 5.91 Å². The molecular weight excluding hydrogens is 212 g/mol. The molecule has 1 heterocycles. The predicted octanol–water partition coefficient (Wildman–Crippen LogP) is 1.68. The third kappa shape index (κ3) is 2.67. The van der Waals surface area contributed by atoms with Crippen LogP contribution in [0.15, 0.2) is 24.3 Å². The van der Waals surface area contributed by atoms with E-state index in [1.54, 1.807) is 0 Å². The molecular formula is C14H20N2O. The van der Waals surface area contributed by atoms with Crippen molar-refractivity contribution < 1.29 is 4.79 Å². The molecule has 1 amide bonds. The molecule has 2 rings (SSSR count). The molecule has 1 atom stereocenters. The Bertz CT molecular complexity index is 403. The number of hydrogen-bond acceptors (Lipinski definition) is 2. The van der Waals surface area contributed by atoms with Crippen molar-refractivity contribution in [2.45, 2.75) is 13.3 Å². The SMILES string of the molecule is CNC[C@H]1CCN(C(=O)c2ccccc2C)C1. The molecule has 92 valence electrons. The number of benzene rings is 1. The maximum atomic E-state index is 12.3. The largest absolute Gasteiger partial charge is 0.338 e. The number of rotatable bonds is 3. The third-order valence-electron chi connectivity index (χ3n) is 3.44. The fourth-order valence-corrected chi connectivity index (χ4v) is 2.46. The highest BCUT2D eigenvalue weighted by atomic mass is 16.2. The van der Waals surface area contributed by atoms with Crippen LogP contribution in [-0.4, -0.2) is 37.5 Å². The zero-order valence-electron chi connectivity index (χ0n) is 10.6. The Morgan fingerprint density at radius 1 is 1.47 bits per heavy atom. The van der Waals surface area contributed by atoms with E-state index < -0.39 is 0 Å². The zero-order chi connectivity index (χ0) is 12.3. The highest BCUT2D eigenvalue weighted by Crippen LogP contribution is 2.19.